The molecule has 5 nitrogen and oxygen atoms in total. The minimum absolute atomic E-state index is 0.157. The molecule has 0 radical (unpaired) electrons. The van der Waals surface area contributed by atoms with Crippen molar-refractivity contribution in [2.45, 2.75) is 11.5 Å². The van der Waals surface area contributed by atoms with Crippen LogP contribution in [0.4, 0.5) is 0 Å². The van der Waals surface area contributed by atoms with Gasteiger partial charge in [-0.05, 0) is 23.8 Å². The molecule has 3 atom stereocenters. The molecule has 21 heavy (non-hydrogen) atoms. The van der Waals surface area contributed by atoms with Gasteiger partial charge in [-0.2, -0.15) is 0 Å². The SMILES string of the molecule is COC(=O)C1=C[C@@H]2[C@H](O1)[C@]2(C(=O)OC)c1ccc(Br)cc1. The van der Waals surface area contributed by atoms with E-state index in [1.165, 1.54) is 14.2 Å². The highest BCUT2D eigenvalue weighted by molar-refractivity contribution is 9.10. The maximum absolute atomic E-state index is 12.3. The Morgan fingerprint density at radius 1 is 1.19 bits per heavy atom. The minimum atomic E-state index is -0.868. The standard InChI is InChI=1S/C15H13BrO5/c1-19-13(17)11-7-10-12(21-11)15(10,14(18)20-2)8-3-5-9(16)6-4-8/h3-7,10,12H,1-2H3/t10-,12+,15+/m1/s1. The molecule has 1 aromatic carbocycles. The zero-order valence-electron chi connectivity index (χ0n) is 11.5. The lowest BCUT2D eigenvalue weighted by atomic mass is 9.92. The molecule has 0 saturated heterocycles. The van der Waals surface area contributed by atoms with Gasteiger partial charge in [0.25, 0.3) is 0 Å². The van der Waals surface area contributed by atoms with E-state index in [-0.39, 0.29) is 17.6 Å². The lowest BCUT2D eigenvalue weighted by Crippen LogP contribution is -2.30. The number of benzene rings is 1. The zero-order chi connectivity index (χ0) is 15.2. The van der Waals surface area contributed by atoms with E-state index in [0.29, 0.717) is 0 Å². The van der Waals surface area contributed by atoms with Gasteiger partial charge in [-0.3, -0.25) is 4.79 Å². The van der Waals surface area contributed by atoms with E-state index in [1.807, 2.05) is 24.3 Å². The summed E-state index contributed by atoms with van der Waals surface area (Å²) in [6.07, 6.45) is 1.23. The van der Waals surface area contributed by atoms with E-state index in [1.54, 1.807) is 6.08 Å². The van der Waals surface area contributed by atoms with Gasteiger partial charge < -0.3 is 14.2 Å². The normalized spacial score (nSPS) is 29.0. The number of esters is 2. The van der Waals surface area contributed by atoms with E-state index < -0.39 is 17.5 Å². The summed E-state index contributed by atoms with van der Waals surface area (Å²) in [4.78, 5) is 23.8. The van der Waals surface area contributed by atoms with Gasteiger partial charge in [0, 0.05) is 10.4 Å². The van der Waals surface area contributed by atoms with Crippen LogP contribution < -0.4 is 0 Å². The van der Waals surface area contributed by atoms with Gasteiger partial charge in [-0.25, -0.2) is 4.79 Å². The van der Waals surface area contributed by atoms with Crippen LogP contribution in [0.1, 0.15) is 5.56 Å². The molecule has 1 heterocycles. The highest BCUT2D eigenvalue weighted by Crippen LogP contribution is 2.62. The average molecular weight is 353 g/mol. The third-order valence-corrected chi connectivity index (χ3v) is 4.54. The summed E-state index contributed by atoms with van der Waals surface area (Å²) in [6.45, 7) is 0. The predicted molar refractivity (Wildman–Crippen MR) is 76.3 cm³/mol. The summed E-state index contributed by atoms with van der Waals surface area (Å²) in [6, 6.07) is 7.43. The van der Waals surface area contributed by atoms with Crippen molar-refractivity contribution in [3.05, 3.63) is 46.1 Å². The number of hydrogen-bond acceptors (Lipinski definition) is 5. The van der Waals surface area contributed by atoms with Crippen LogP contribution in [0, 0.1) is 5.92 Å². The molecule has 0 N–H and O–H groups in total. The largest absolute Gasteiger partial charge is 0.481 e. The number of rotatable bonds is 3. The number of halogens is 1. The molecule has 0 bridgehead atoms. The number of carbonyl (C=O) groups excluding carboxylic acids is 2. The zero-order valence-corrected chi connectivity index (χ0v) is 13.0. The molecule has 1 fully saturated rings. The van der Waals surface area contributed by atoms with Gasteiger partial charge in [0.05, 0.1) is 14.2 Å². The van der Waals surface area contributed by atoms with E-state index >= 15 is 0 Å². The molecular weight excluding hydrogens is 340 g/mol. The molecule has 1 aliphatic carbocycles. The number of carbonyl (C=O) groups is 2. The molecule has 110 valence electrons. The molecular formula is C15H13BrO5. The second kappa shape index (κ2) is 4.87. The molecule has 1 aliphatic heterocycles. The van der Waals surface area contributed by atoms with Crippen molar-refractivity contribution in [2.75, 3.05) is 14.2 Å². The van der Waals surface area contributed by atoms with Crippen molar-refractivity contribution in [3.63, 3.8) is 0 Å². The van der Waals surface area contributed by atoms with Crippen molar-refractivity contribution in [3.8, 4) is 0 Å². The van der Waals surface area contributed by atoms with Crippen LogP contribution in [0.25, 0.3) is 0 Å². The maximum atomic E-state index is 12.3. The van der Waals surface area contributed by atoms with Crippen LogP contribution in [-0.4, -0.2) is 32.3 Å². The van der Waals surface area contributed by atoms with Crippen LogP contribution in [0.15, 0.2) is 40.6 Å². The second-order valence-electron chi connectivity index (χ2n) is 4.95. The molecule has 1 saturated carbocycles. The summed E-state index contributed by atoms with van der Waals surface area (Å²) in [7, 11) is 2.64. The lowest BCUT2D eigenvalue weighted by molar-refractivity contribution is -0.147. The first kappa shape index (κ1) is 14.1. The Morgan fingerprint density at radius 3 is 2.33 bits per heavy atom. The predicted octanol–water partition coefficient (Wildman–Crippen LogP) is 1.95. The first-order chi connectivity index (χ1) is 10.1. The Bertz CT molecular complexity index is 636. The number of methoxy groups -OCH3 is 2. The van der Waals surface area contributed by atoms with Gasteiger partial charge in [-0.1, -0.05) is 28.1 Å². The average Bonchev–Trinajstić information content (AvgIpc) is 2.91. The Labute approximate surface area is 130 Å². The van der Waals surface area contributed by atoms with Crippen LogP contribution >= 0.6 is 15.9 Å². The van der Waals surface area contributed by atoms with Crippen LogP contribution in [0.5, 0.6) is 0 Å². The molecule has 2 aliphatic rings. The number of fused-ring (bicyclic) bond motifs is 1. The fraction of sp³-hybridized carbons (Fsp3) is 0.333. The number of hydrogen-bond donors (Lipinski definition) is 0. The first-order valence-corrected chi connectivity index (χ1v) is 7.16. The molecule has 0 spiro atoms. The highest BCUT2D eigenvalue weighted by atomic mass is 79.9. The van der Waals surface area contributed by atoms with Crippen molar-refractivity contribution >= 4 is 27.9 Å². The molecule has 1 aromatic rings. The molecule has 3 rings (SSSR count). The minimum Gasteiger partial charge on any atom is -0.481 e. The Balaban J connectivity index is 1.97. The van der Waals surface area contributed by atoms with Gasteiger partial charge in [0.15, 0.2) is 0 Å². The Morgan fingerprint density at radius 2 is 1.86 bits per heavy atom. The third kappa shape index (κ3) is 1.89. The summed E-state index contributed by atoms with van der Waals surface area (Å²) in [5.41, 5.74) is -0.0554. The summed E-state index contributed by atoms with van der Waals surface area (Å²) < 4.78 is 16.1. The maximum Gasteiger partial charge on any atom is 0.372 e. The Hall–Kier alpha value is -1.82. The second-order valence-corrected chi connectivity index (χ2v) is 5.87. The summed E-state index contributed by atoms with van der Waals surface area (Å²) in [5.74, 6) is -0.943. The summed E-state index contributed by atoms with van der Waals surface area (Å²) in [5, 5.41) is 0. The Kier molecular flexibility index (Phi) is 3.28. The fourth-order valence-corrected chi connectivity index (χ4v) is 3.21. The number of ether oxygens (including phenoxy) is 3. The highest BCUT2D eigenvalue weighted by Gasteiger charge is 2.75. The first-order valence-electron chi connectivity index (χ1n) is 6.37. The third-order valence-electron chi connectivity index (χ3n) is 4.01. The van der Waals surface area contributed by atoms with Crippen molar-refractivity contribution in [1.29, 1.82) is 0 Å². The van der Waals surface area contributed by atoms with Gasteiger partial charge in [0.2, 0.25) is 5.76 Å². The molecule has 0 aromatic heterocycles. The van der Waals surface area contributed by atoms with Crippen LogP contribution in [-0.2, 0) is 29.2 Å². The van der Waals surface area contributed by atoms with Crippen molar-refractivity contribution in [2.24, 2.45) is 5.92 Å². The van der Waals surface area contributed by atoms with Crippen LogP contribution in [0.3, 0.4) is 0 Å². The van der Waals surface area contributed by atoms with Crippen molar-refractivity contribution < 1.29 is 23.8 Å². The molecule has 0 unspecified atom stereocenters. The van der Waals surface area contributed by atoms with Gasteiger partial charge >= 0.3 is 11.9 Å². The van der Waals surface area contributed by atoms with Crippen LogP contribution in [0.2, 0.25) is 0 Å². The monoisotopic (exact) mass is 352 g/mol. The smallest absolute Gasteiger partial charge is 0.372 e. The quantitative estimate of drug-likeness (QED) is 0.778. The van der Waals surface area contributed by atoms with E-state index in [0.717, 1.165) is 10.0 Å². The van der Waals surface area contributed by atoms with E-state index in [4.69, 9.17) is 9.47 Å². The van der Waals surface area contributed by atoms with E-state index in [9.17, 15) is 9.59 Å². The fourth-order valence-electron chi connectivity index (χ4n) is 2.94. The molecule has 0 amide bonds. The summed E-state index contributed by atoms with van der Waals surface area (Å²) >= 11 is 3.37. The van der Waals surface area contributed by atoms with E-state index in [2.05, 4.69) is 20.7 Å². The lowest BCUT2D eigenvalue weighted by Gasteiger charge is -2.18. The van der Waals surface area contributed by atoms with Gasteiger partial charge in [0.1, 0.15) is 11.5 Å². The van der Waals surface area contributed by atoms with Crippen molar-refractivity contribution in [1.82, 2.24) is 0 Å². The molecule has 6 heteroatoms. The topological polar surface area (TPSA) is 61.8 Å². The van der Waals surface area contributed by atoms with Gasteiger partial charge in [-0.15, -0.1) is 0 Å².